The Hall–Kier alpha value is -4.10. The van der Waals surface area contributed by atoms with Crippen molar-refractivity contribution < 1.29 is 43.2 Å². The van der Waals surface area contributed by atoms with Crippen LogP contribution in [0.2, 0.25) is 5.02 Å². The molecule has 1 saturated carbocycles. The highest BCUT2D eigenvalue weighted by atomic mass is 35.5. The topological polar surface area (TPSA) is 166 Å². The summed E-state index contributed by atoms with van der Waals surface area (Å²) in [6.07, 6.45) is 5.86. The van der Waals surface area contributed by atoms with Crippen molar-refractivity contribution in [3.8, 4) is 11.6 Å². The molecule has 4 heterocycles. The van der Waals surface area contributed by atoms with Gasteiger partial charge in [-0.2, -0.15) is 0 Å². The minimum atomic E-state index is -1.43. The number of para-hydroxylation sites is 1. The minimum Gasteiger partial charge on any atom is -0.488 e. The summed E-state index contributed by atoms with van der Waals surface area (Å²) in [5.74, 6) is -1.65. The number of amides is 3. The van der Waals surface area contributed by atoms with Gasteiger partial charge in [0.2, 0.25) is 17.7 Å². The first-order valence-corrected chi connectivity index (χ1v) is 17.0. The number of benzene rings is 1. The minimum absolute atomic E-state index is 0.0608. The molecule has 3 aliphatic heterocycles. The van der Waals surface area contributed by atoms with Crippen LogP contribution in [-0.2, 0) is 23.9 Å². The summed E-state index contributed by atoms with van der Waals surface area (Å²) in [5.41, 5.74) is -0.938. The number of aliphatic carboxylic acids is 1. The zero-order chi connectivity index (χ0) is 33.8. The molecule has 3 N–H and O–H groups in total. The predicted octanol–water partition coefficient (Wildman–Crippen LogP) is 4.00. The number of carboxylic acid groups (broad SMARTS) is 1. The van der Waals surface area contributed by atoms with Crippen molar-refractivity contribution >= 4 is 46.4 Å². The van der Waals surface area contributed by atoms with Gasteiger partial charge in [-0.25, -0.2) is 14.6 Å². The average Bonchev–Trinajstić information content (AvgIpc) is 3.33. The van der Waals surface area contributed by atoms with Crippen LogP contribution in [0.1, 0.15) is 58.3 Å². The molecule has 3 amide bonds. The summed E-state index contributed by atoms with van der Waals surface area (Å²) in [4.78, 5) is 59.0. The summed E-state index contributed by atoms with van der Waals surface area (Å²) in [6.45, 7) is 3.12. The van der Waals surface area contributed by atoms with E-state index in [1.54, 1.807) is 18.2 Å². The van der Waals surface area contributed by atoms with E-state index < -0.39 is 41.7 Å². The molecule has 2 saturated heterocycles. The number of carbonyl (C=O) groups excluding carboxylic acids is 3. The summed E-state index contributed by atoms with van der Waals surface area (Å²) >= 11 is 6.46. The van der Waals surface area contributed by atoms with Crippen LogP contribution in [0.25, 0.3) is 10.9 Å². The highest BCUT2D eigenvalue weighted by Crippen LogP contribution is 2.45. The van der Waals surface area contributed by atoms with Crippen molar-refractivity contribution in [3.05, 3.63) is 41.4 Å². The molecule has 14 heteroatoms. The van der Waals surface area contributed by atoms with E-state index in [1.165, 1.54) is 4.90 Å². The first kappa shape index (κ1) is 33.8. The molecule has 1 aromatic carbocycles. The molecular formula is C34H41ClN4O9. The van der Waals surface area contributed by atoms with E-state index in [1.807, 2.05) is 25.1 Å². The number of halogens is 1. The van der Waals surface area contributed by atoms with Crippen LogP contribution in [-0.4, -0.2) is 95.1 Å². The molecule has 0 radical (unpaired) electrons. The lowest BCUT2D eigenvalue weighted by atomic mass is 10.0. The molecule has 1 aliphatic carbocycles. The number of carboxylic acids is 1. The number of rotatable bonds is 7. The van der Waals surface area contributed by atoms with Gasteiger partial charge in [-0.15, -0.1) is 0 Å². The average molecular weight is 685 g/mol. The van der Waals surface area contributed by atoms with Crippen LogP contribution in [0.5, 0.6) is 11.6 Å². The summed E-state index contributed by atoms with van der Waals surface area (Å²) in [7, 11) is 0. The van der Waals surface area contributed by atoms with Gasteiger partial charge in [-0.05, 0) is 44.7 Å². The van der Waals surface area contributed by atoms with Gasteiger partial charge in [0, 0.05) is 42.7 Å². The van der Waals surface area contributed by atoms with Crippen LogP contribution in [0.4, 0.5) is 4.79 Å². The van der Waals surface area contributed by atoms with Crippen molar-refractivity contribution in [1.82, 2.24) is 20.5 Å². The first-order valence-electron chi connectivity index (χ1n) is 16.6. The number of hydrogen-bond acceptors (Lipinski definition) is 9. The SMILES string of the molecule is CCOc1cc(O[C@@H]2C[C@H]3C(=O)N[C@]4(C(=O)O)C[C@H]4/C=C\CCCC[C@H](NC(=O)O[C@@H]4CCOC4)CC(=O)N3C2)c2cccc(Cl)c2n1. The Balaban J connectivity index is 1.26. The lowest BCUT2D eigenvalue weighted by Gasteiger charge is -2.27. The number of aromatic nitrogens is 1. The molecule has 6 rings (SSSR count). The second-order valence-corrected chi connectivity index (χ2v) is 13.2. The molecule has 0 unspecified atom stereocenters. The van der Waals surface area contributed by atoms with E-state index in [9.17, 15) is 24.3 Å². The van der Waals surface area contributed by atoms with Gasteiger partial charge in [0.25, 0.3) is 0 Å². The Kier molecular flexibility index (Phi) is 10.3. The molecule has 6 atom stereocenters. The van der Waals surface area contributed by atoms with Gasteiger partial charge in [-0.3, -0.25) is 9.59 Å². The summed E-state index contributed by atoms with van der Waals surface area (Å²) in [6, 6.07) is 5.42. The highest BCUT2D eigenvalue weighted by Gasteiger charge is 2.61. The van der Waals surface area contributed by atoms with E-state index in [4.69, 9.17) is 30.5 Å². The lowest BCUT2D eigenvalue weighted by molar-refractivity contribution is -0.145. The Morgan fingerprint density at radius 3 is 2.85 bits per heavy atom. The number of alkyl carbamates (subject to hydrolysis) is 1. The van der Waals surface area contributed by atoms with Gasteiger partial charge in [0.1, 0.15) is 29.5 Å². The van der Waals surface area contributed by atoms with E-state index in [0.29, 0.717) is 66.6 Å². The monoisotopic (exact) mass is 684 g/mol. The van der Waals surface area contributed by atoms with Gasteiger partial charge in [0.05, 0.1) is 36.9 Å². The summed E-state index contributed by atoms with van der Waals surface area (Å²) < 4.78 is 22.9. The van der Waals surface area contributed by atoms with E-state index in [0.717, 1.165) is 12.8 Å². The number of hydrogen-bond donors (Lipinski definition) is 3. The normalized spacial score (nSPS) is 29.9. The van der Waals surface area contributed by atoms with Gasteiger partial charge >= 0.3 is 12.1 Å². The fourth-order valence-electron chi connectivity index (χ4n) is 6.76. The van der Waals surface area contributed by atoms with Crippen molar-refractivity contribution in [2.45, 2.75) is 88.1 Å². The van der Waals surface area contributed by atoms with Crippen LogP contribution < -0.4 is 20.1 Å². The highest BCUT2D eigenvalue weighted by molar-refractivity contribution is 6.35. The van der Waals surface area contributed by atoms with Crippen molar-refractivity contribution in [3.63, 3.8) is 0 Å². The molecule has 0 bridgehead atoms. The maximum absolute atomic E-state index is 14.0. The van der Waals surface area contributed by atoms with Gasteiger partial charge in [-0.1, -0.05) is 36.2 Å². The van der Waals surface area contributed by atoms with Crippen LogP contribution >= 0.6 is 11.6 Å². The Bertz CT molecular complexity index is 1580. The second kappa shape index (κ2) is 14.6. The lowest BCUT2D eigenvalue weighted by Crippen LogP contribution is -2.53. The fourth-order valence-corrected chi connectivity index (χ4v) is 6.97. The van der Waals surface area contributed by atoms with Crippen molar-refractivity contribution in [1.29, 1.82) is 0 Å². The molecule has 2 aromatic rings. The predicted molar refractivity (Wildman–Crippen MR) is 174 cm³/mol. The number of fused-ring (bicyclic) bond motifs is 3. The molecular weight excluding hydrogens is 644 g/mol. The van der Waals surface area contributed by atoms with Crippen LogP contribution in [0.3, 0.4) is 0 Å². The summed E-state index contributed by atoms with van der Waals surface area (Å²) in [5, 5.41) is 16.8. The largest absolute Gasteiger partial charge is 0.488 e. The molecule has 13 nitrogen and oxygen atoms in total. The molecule has 1 aromatic heterocycles. The van der Waals surface area contributed by atoms with Crippen LogP contribution in [0, 0.1) is 5.92 Å². The number of ether oxygens (including phenoxy) is 4. The standard InChI is InChI=1S/C34H41ClN4O9/c1-2-46-28-16-27(24-10-7-11-25(35)30(24)37-28)47-23-15-26-31(41)38-34(32(42)43)17-20(34)8-5-3-4-6-9-21(14-29(40)39(26)18-23)36-33(44)48-22-12-13-45-19-22/h5,7-8,10-11,16,20-23,26H,2-4,6,9,12-15,17-19H2,1H3,(H,36,44)(H,38,41)(H,42,43)/b8-5-/t20-,21+,22-,23-,26+,34-/m1/s1. The van der Waals surface area contributed by atoms with Crippen molar-refractivity contribution in [2.24, 2.45) is 5.92 Å². The first-order chi connectivity index (χ1) is 23.2. The zero-order valence-electron chi connectivity index (χ0n) is 26.8. The number of allylic oxidation sites excluding steroid dienone is 1. The Labute approximate surface area is 283 Å². The number of carbonyl (C=O) groups is 4. The van der Waals surface area contributed by atoms with Crippen LogP contribution in [0.15, 0.2) is 36.4 Å². The number of nitrogens with one attached hydrogen (secondary N) is 2. The second-order valence-electron chi connectivity index (χ2n) is 12.8. The fraction of sp³-hybridized carbons (Fsp3) is 0.559. The zero-order valence-corrected chi connectivity index (χ0v) is 27.6. The third-order valence-corrected chi connectivity index (χ3v) is 9.69. The Morgan fingerprint density at radius 1 is 1.23 bits per heavy atom. The molecule has 4 aliphatic rings. The maximum Gasteiger partial charge on any atom is 0.407 e. The maximum atomic E-state index is 14.0. The van der Waals surface area contributed by atoms with E-state index in [-0.39, 0.29) is 43.7 Å². The van der Waals surface area contributed by atoms with Gasteiger partial charge < -0.3 is 39.6 Å². The smallest absolute Gasteiger partial charge is 0.407 e. The quantitative estimate of drug-likeness (QED) is 0.363. The third-order valence-electron chi connectivity index (χ3n) is 9.39. The molecule has 258 valence electrons. The van der Waals surface area contributed by atoms with E-state index in [2.05, 4.69) is 15.6 Å². The van der Waals surface area contributed by atoms with E-state index >= 15 is 0 Å². The Morgan fingerprint density at radius 2 is 2.08 bits per heavy atom. The molecule has 3 fully saturated rings. The molecule has 0 spiro atoms. The number of nitrogens with zero attached hydrogens (tertiary/aromatic N) is 2. The third kappa shape index (κ3) is 7.46. The molecule has 48 heavy (non-hydrogen) atoms. The van der Waals surface area contributed by atoms with Crippen molar-refractivity contribution in [2.75, 3.05) is 26.4 Å². The van der Waals surface area contributed by atoms with Gasteiger partial charge in [0.15, 0.2) is 0 Å². The number of pyridine rings is 1.